The molecule has 0 radical (unpaired) electrons. The predicted molar refractivity (Wildman–Crippen MR) is 64.6 cm³/mol. The third-order valence-corrected chi connectivity index (χ3v) is 3.88. The van der Waals surface area contributed by atoms with Crippen molar-refractivity contribution in [1.82, 2.24) is 9.78 Å². The van der Waals surface area contributed by atoms with E-state index in [1.807, 2.05) is 14.0 Å². The van der Waals surface area contributed by atoms with Gasteiger partial charge in [0.15, 0.2) is 0 Å². The van der Waals surface area contributed by atoms with Crippen LogP contribution in [-0.2, 0) is 18.4 Å². The van der Waals surface area contributed by atoms with Crippen LogP contribution in [0.15, 0.2) is 0 Å². The highest BCUT2D eigenvalue weighted by Gasteiger charge is 2.17. The van der Waals surface area contributed by atoms with Crippen LogP contribution in [0.2, 0.25) is 5.15 Å². The molecular formula is C12H19ClN2O. The van der Waals surface area contributed by atoms with Gasteiger partial charge in [-0.1, -0.05) is 30.9 Å². The van der Waals surface area contributed by atoms with E-state index in [1.165, 1.54) is 25.7 Å². The smallest absolute Gasteiger partial charge is 0.132 e. The van der Waals surface area contributed by atoms with Crippen LogP contribution in [0.1, 0.15) is 36.9 Å². The molecule has 0 saturated heterocycles. The third kappa shape index (κ3) is 2.58. The van der Waals surface area contributed by atoms with E-state index in [-0.39, 0.29) is 0 Å². The van der Waals surface area contributed by atoms with E-state index in [9.17, 15) is 0 Å². The lowest BCUT2D eigenvalue weighted by Crippen LogP contribution is -2.13. The Labute approximate surface area is 102 Å². The van der Waals surface area contributed by atoms with E-state index in [4.69, 9.17) is 16.3 Å². The Morgan fingerprint density at radius 2 is 2.25 bits per heavy atom. The summed E-state index contributed by atoms with van der Waals surface area (Å²) in [5.41, 5.74) is 1.99. The molecule has 0 N–H and O–H groups in total. The fourth-order valence-corrected chi connectivity index (χ4v) is 2.27. The van der Waals surface area contributed by atoms with Gasteiger partial charge in [0, 0.05) is 19.2 Å². The number of halogens is 1. The lowest BCUT2D eigenvalue weighted by atomic mass is 9.83. The van der Waals surface area contributed by atoms with Crippen molar-refractivity contribution in [2.75, 3.05) is 6.61 Å². The number of hydrogen-bond donors (Lipinski definition) is 0. The molecule has 1 aromatic rings. The second kappa shape index (κ2) is 5.19. The molecule has 1 saturated carbocycles. The summed E-state index contributed by atoms with van der Waals surface area (Å²) in [6.45, 7) is 3.40. The van der Waals surface area contributed by atoms with Crippen LogP contribution in [-0.4, -0.2) is 16.4 Å². The molecule has 3 nitrogen and oxygen atoms in total. The monoisotopic (exact) mass is 242 g/mol. The van der Waals surface area contributed by atoms with Crippen molar-refractivity contribution in [1.29, 1.82) is 0 Å². The molecule has 1 aromatic heterocycles. The van der Waals surface area contributed by atoms with E-state index >= 15 is 0 Å². The van der Waals surface area contributed by atoms with Gasteiger partial charge in [-0.3, -0.25) is 4.68 Å². The van der Waals surface area contributed by atoms with Gasteiger partial charge in [0.05, 0.1) is 12.3 Å². The highest BCUT2D eigenvalue weighted by molar-refractivity contribution is 6.30. The van der Waals surface area contributed by atoms with Crippen LogP contribution in [0.25, 0.3) is 0 Å². The molecule has 4 heteroatoms. The lowest BCUT2D eigenvalue weighted by molar-refractivity contribution is 0.0947. The number of nitrogens with zero attached hydrogens (tertiary/aromatic N) is 2. The summed E-state index contributed by atoms with van der Waals surface area (Å²) in [7, 11) is 1.85. The Bertz CT molecular complexity index is 358. The van der Waals surface area contributed by atoms with Gasteiger partial charge in [0.25, 0.3) is 0 Å². The molecule has 1 aliphatic rings. The number of aromatic nitrogens is 2. The second-order valence-corrected chi connectivity index (χ2v) is 4.97. The van der Waals surface area contributed by atoms with Gasteiger partial charge in [0.1, 0.15) is 5.15 Å². The highest BCUT2D eigenvalue weighted by Crippen LogP contribution is 2.29. The standard InChI is InChI=1S/C12H19ClN2O/c1-9-11(12(13)15(2)14-9)8-16-7-6-10-4-3-5-10/h10H,3-8H2,1-2H3. The van der Waals surface area contributed by atoms with Gasteiger partial charge in [-0.2, -0.15) is 5.10 Å². The predicted octanol–water partition coefficient (Wildman–Crippen LogP) is 3.09. The molecule has 0 aromatic carbocycles. The molecule has 2 rings (SSSR count). The minimum atomic E-state index is 0.589. The Morgan fingerprint density at radius 1 is 1.50 bits per heavy atom. The molecule has 1 fully saturated rings. The maximum absolute atomic E-state index is 6.11. The maximum Gasteiger partial charge on any atom is 0.132 e. The summed E-state index contributed by atoms with van der Waals surface area (Å²) in [5, 5.41) is 4.95. The first-order chi connectivity index (χ1) is 7.68. The summed E-state index contributed by atoms with van der Waals surface area (Å²) < 4.78 is 7.36. The molecular weight excluding hydrogens is 224 g/mol. The molecule has 0 unspecified atom stereocenters. The molecule has 0 aliphatic heterocycles. The first-order valence-electron chi connectivity index (χ1n) is 5.94. The number of aryl methyl sites for hydroxylation is 2. The van der Waals surface area contributed by atoms with Gasteiger partial charge < -0.3 is 4.74 Å². The zero-order valence-corrected chi connectivity index (χ0v) is 10.8. The average Bonchev–Trinajstić information content (AvgIpc) is 2.41. The summed E-state index contributed by atoms with van der Waals surface area (Å²) >= 11 is 6.11. The number of ether oxygens (including phenoxy) is 1. The summed E-state index contributed by atoms with van der Waals surface area (Å²) in [6, 6.07) is 0. The topological polar surface area (TPSA) is 27.1 Å². The van der Waals surface area contributed by atoms with Gasteiger partial charge in [0.2, 0.25) is 0 Å². The summed E-state index contributed by atoms with van der Waals surface area (Å²) in [6.07, 6.45) is 5.36. The molecule has 0 spiro atoms. The first kappa shape index (κ1) is 11.9. The summed E-state index contributed by atoms with van der Waals surface area (Å²) in [5.74, 6) is 0.908. The fraction of sp³-hybridized carbons (Fsp3) is 0.750. The third-order valence-electron chi connectivity index (χ3n) is 3.41. The largest absolute Gasteiger partial charge is 0.377 e. The molecule has 1 aliphatic carbocycles. The number of hydrogen-bond acceptors (Lipinski definition) is 2. The highest BCUT2D eigenvalue weighted by atomic mass is 35.5. The van der Waals surface area contributed by atoms with Crippen molar-refractivity contribution in [3.8, 4) is 0 Å². The Balaban J connectivity index is 1.75. The van der Waals surface area contributed by atoms with Crippen LogP contribution in [0, 0.1) is 12.8 Å². The van der Waals surface area contributed by atoms with E-state index in [1.54, 1.807) is 4.68 Å². The second-order valence-electron chi connectivity index (χ2n) is 4.62. The minimum absolute atomic E-state index is 0.589. The maximum atomic E-state index is 6.11. The van der Waals surface area contributed by atoms with Crippen molar-refractivity contribution in [3.63, 3.8) is 0 Å². The zero-order chi connectivity index (χ0) is 11.5. The Kier molecular flexibility index (Phi) is 3.87. The van der Waals surface area contributed by atoms with E-state index in [2.05, 4.69) is 5.10 Å². The van der Waals surface area contributed by atoms with Gasteiger partial charge in [-0.15, -0.1) is 0 Å². The average molecular weight is 243 g/mol. The van der Waals surface area contributed by atoms with Crippen molar-refractivity contribution in [2.24, 2.45) is 13.0 Å². The van der Waals surface area contributed by atoms with Crippen LogP contribution >= 0.6 is 11.6 Å². The minimum Gasteiger partial charge on any atom is -0.377 e. The van der Waals surface area contributed by atoms with Gasteiger partial charge in [-0.05, 0) is 19.3 Å². The van der Waals surface area contributed by atoms with E-state index in [0.717, 1.165) is 23.8 Å². The molecule has 16 heavy (non-hydrogen) atoms. The molecule has 90 valence electrons. The van der Waals surface area contributed by atoms with Crippen LogP contribution < -0.4 is 0 Å². The lowest BCUT2D eigenvalue weighted by Gasteiger charge is -2.24. The van der Waals surface area contributed by atoms with Crippen LogP contribution in [0.5, 0.6) is 0 Å². The van der Waals surface area contributed by atoms with Crippen molar-refractivity contribution >= 4 is 11.6 Å². The van der Waals surface area contributed by atoms with Crippen LogP contribution in [0.3, 0.4) is 0 Å². The van der Waals surface area contributed by atoms with Crippen molar-refractivity contribution in [2.45, 2.75) is 39.2 Å². The van der Waals surface area contributed by atoms with Gasteiger partial charge >= 0.3 is 0 Å². The Morgan fingerprint density at radius 3 is 2.75 bits per heavy atom. The van der Waals surface area contributed by atoms with Gasteiger partial charge in [-0.25, -0.2) is 0 Å². The molecule has 1 heterocycles. The SMILES string of the molecule is Cc1nn(C)c(Cl)c1COCCC1CCC1. The summed E-state index contributed by atoms with van der Waals surface area (Å²) in [4.78, 5) is 0. The van der Waals surface area contributed by atoms with Crippen molar-refractivity contribution < 1.29 is 4.74 Å². The molecule has 0 bridgehead atoms. The zero-order valence-electron chi connectivity index (χ0n) is 10.0. The fourth-order valence-electron chi connectivity index (χ4n) is 2.04. The number of rotatable bonds is 5. The molecule has 0 atom stereocenters. The molecule has 0 amide bonds. The van der Waals surface area contributed by atoms with E-state index < -0.39 is 0 Å². The van der Waals surface area contributed by atoms with E-state index in [0.29, 0.717) is 11.8 Å². The Hall–Kier alpha value is -0.540. The van der Waals surface area contributed by atoms with Crippen molar-refractivity contribution in [3.05, 3.63) is 16.4 Å². The quantitative estimate of drug-likeness (QED) is 0.742. The van der Waals surface area contributed by atoms with Crippen LogP contribution in [0.4, 0.5) is 0 Å². The first-order valence-corrected chi connectivity index (χ1v) is 6.32. The normalized spacial score (nSPS) is 16.4.